The lowest BCUT2D eigenvalue weighted by atomic mass is 9.84. The number of likely N-dealkylation sites (tertiary alicyclic amines) is 1. The van der Waals surface area contributed by atoms with E-state index in [1.54, 1.807) is 13.8 Å². The summed E-state index contributed by atoms with van der Waals surface area (Å²) >= 11 is 0. The van der Waals surface area contributed by atoms with Crippen LogP contribution in [0.25, 0.3) is 0 Å². The molecule has 1 aromatic carbocycles. The molecule has 5 rings (SSSR count). The molecule has 6 N–H and O–H groups in total. The van der Waals surface area contributed by atoms with Gasteiger partial charge in [0.1, 0.15) is 23.2 Å². The lowest BCUT2D eigenvalue weighted by Gasteiger charge is -2.37. The lowest BCUT2D eigenvalue weighted by molar-refractivity contribution is -0.147. The Kier molecular flexibility index (Phi) is 11.7. The van der Waals surface area contributed by atoms with E-state index in [1.165, 1.54) is 40.0 Å². The normalized spacial score (nSPS) is 21.6. The second-order valence-electron chi connectivity index (χ2n) is 14.6. The number of rotatable bonds is 12. The van der Waals surface area contributed by atoms with Gasteiger partial charge in [0.2, 0.25) is 17.6 Å². The fourth-order valence-electron chi connectivity index (χ4n) is 7.41. The summed E-state index contributed by atoms with van der Waals surface area (Å²) in [5.74, 6) is -3.27. The van der Waals surface area contributed by atoms with Crippen LogP contribution >= 0.6 is 0 Å². The Labute approximate surface area is 302 Å². The molecule has 2 aromatic rings. The number of carbonyl (C=O) groups is 5. The largest absolute Gasteiger partial charge is 0.384 e. The quantitative estimate of drug-likeness (QED) is 0.191. The van der Waals surface area contributed by atoms with Gasteiger partial charge in [-0.3, -0.25) is 19.2 Å². The number of nitrogens with zero attached hydrogens (tertiary/aromatic N) is 4. The molecule has 3 aliphatic rings. The third-order valence-corrected chi connectivity index (χ3v) is 11.3. The minimum absolute atomic E-state index is 0.00767. The van der Waals surface area contributed by atoms with Crippen molar-refractivity contribution in [1.82, 2.24) is 30.5 Å². The number of Topliss-reactive ketones (excluding diaryl/α,β-unsaturated/α-hetero) is 1. The standard InChI is InChI=1S/C34H48N8O9S/c1-33(2,48)27-19-36-40-42(27)23-18-26(30(45)39-34(28(43)29(35)44)13-15-51-16-14-34)41(20-23)31(46)25(17-21-7-5-4-6-8-21)38-32(47)37-22-9-11-24(12-10-22)52(3,49)50/h9-12,19,21,23,25-26,48H,4-8,13-18,20H2,1-3H3,(H2,35,44)(H,39,45)(H2,37,38,47)/t23-,25?,26-/m0/s1. The Morgan fingerprint density at radius 2 is 1.73 bits per heavy atom. The number of ether oxygens (including phenoxy) is 1. The van der Waals surface area contributed by atoms with Gasteiger partial charge in [-0.1, -0.05) is 37.3 Å². The van der Waals surface area contributed by atoms with Crippen molar-refractivity contribution in [3.63, 3.8) is 0 Å². The van der Waals surface area contributed by atoms with Crippen molar-refractivity contribution < 1.29 is 42.2 Å². The number of primary amides is 1. The summed E-state index contributed by atoms with van der Waals surface area (Å²) in [5, 5.41) is 27.2. The van der Waals surface area contributed by atoms with E-state index >= 15 is 0 Å². The second kappa shape index (κ2) is 15.7. The zero-order chi connectivity index (χ0) is 37.8. The van der Waals surface area contributed by atoms with E-state index in [0.29, 0.717) is 17.8 Å². The highest BCUT2D eigenvalue weighted by atomic mass is 32.2. The molecule has 0 spiro atoms. The topological polar surface area (TPSA) is 245 Å². The fourth-order valence-corrected chi connectivity index (χ4v) is 8.04. The van der Waals surface area contributed by atoms with E-state index in [1.807, 2.05) is 0 Å². The van der Waals surface area contributed by atoms with Gasteiger partial charge in [-0.25, -0.2) is 17.9 Å². The van der Waals surface area contributed by atoms with Gasteiger partial charge in [0.05, 0.1) is 22.8 Å². The zero-order valence-electron chi connectivity index (χ0n) is 29.7. The molecule has 1 unspecified atom stereocenters. The maximum absolute atomic E-state index is 14.7. The van der Waals surface area contributed by atoms with Crippen LogP contribution in [-0.2, 0) is 39.4 Å². The molecule has 0 radical (unpaired) electrons. The molecule has 3 atom stereocenters. The van der Waals surface area contributed by atoms with Crippen LogP contribution in [0.3, 0.4) is 0 Å². The number of carbonyl (C=O) groups excluding carboxylic acids is 5. The molecule has 18 heteroatoms. The first kappa shape index (κ1) is 38.8. The number of aromatic nitrogens is 3. The number of nitrogens with one attached hydrogen (secondary N) is 3. The van der Waals surface area contributed by atoms with Crippen LogP contribution in [0.15, 0.2) is 35.4 Å². The molecule has 1 saturated carbocycles. The molecular formula is C34H48N8O9S. The van der Waals surface area contributed by atoms with Gasteiger partial charge in [-0.2, -0.15) is 0 Å². The van der Waals surface area contributed by atoms with E-state index in [0.717, 1.165) is 38.4 Å². The summed E-state index contributed by atoms with van der Waals surface area (Å²) in [6.07, 6.45) is 7.57. The van der Waals surface area contributed by atoms with Crippen molar-refractivity contribution >= 4 is 45.1 Å². The van der Waals surface area contributed by atoms with Gasteiger partial charge in [0.25, 0.3) is 5.91 Å². The Morgan fingerprint density at radius 1 is 1.08 bits per heavy atom. The van der Waals surface area contributed by atoms with E-state index < -0.39 is 68.6 Å². The first-order valence-electron chi connectivity index (χ1n) is 17.5. The summed E-state index contributed by atoms with van der Waals surface area (Å²) in [5.41, 5.74) is 3.08. The van der Waals surface area contributed by atoms with Crippen molar-refractivity contribution in [1.29, 1.82) is 0 Å². The minimum atomic E-state index is -3.45. The van der Waals surface area contributed by atoms with Gasteiger partial charge >= 0.3 is 6.03 Å². The smallest absolute Gasteiger partial charge is 0.319 e. The third-order valence-electron chi connectivity index (χ3n) is 10.2. The van der Waals surface area contributed by atoms with Gasteiger partial charge in [-0.05, 0) is 50.5 Å². The predicted molar refractivity (Wildman–Crippen MR) is 186 cm³/mol. The lowest BCUT2D eigenvalue weighted by Crippen LogP contribution is -2.64. The third kappa shape index (κ3) is 8.95. The number of benzene rings is 1. The van der Waals surface area contributed by atoms with E-state index in [-0.39, 0.29) is 49.8 Å². The molecule has 1 aromatic heterocycles. The molecule has 52 heavy (non-hydrogen) atoms. The predicted octanol–water partition coefficient (Wildman–Crippen LogP) is 0.932. The van der Waals surface area contributed by atoms with Crippen LogP contribution in [0, 0.1) is 5.92 Å². The molecule has 1 aliphatic carbocycles. The minimum Gasteiger partial charge on any atom is -0.384 e. The summed E-state index contributed by atoms with van der Waals surface area (Å²) in [7, 11) is -3.45. The average molecular weight is 745 g/mol. The number of urea groups is 1. The van der Waals surface area contributed by atoms with Crippen molar-refractivity contribution in [2.45, 2.75) is 106 Å². The fraction of sp³-hybridized carbons (Fsp3) is 0.618. The Balaban J connectivity index is 1.45. The van der Waals surface area contributed by atoms with Crippen molar-refractivity contribution in [3.8, 4) is 0 Å². The van der Waals surface area contributed by atoms with Crippen LogP contribution in [0.1, 0.15) is 83.4 Å². The number of hydrogen-bond acceptors (Lipinski definition) is 11. The Morgan fingerprint density at radius 3 is 2.33 bits per heavy atom. The van der Waals surface area contributed by atoms with Gasteiger partial charge in [0, 0.05) is 51.0 Å². The van der Waals surface area contributed by atoms with Crippen LogP contribution in [0.5, 0.6) is 0 Å². The number of hydrogen-bond donors (Lipinski definition) is 5. The molecular weight excluding hydrogens is 696 g/mol. The first-order valence-corrected chi connectivity index (χ1v) is 19.4. The molecule has 2 aliphatic heterocycles. The van der Waals surface area contributed by atoms with Crippen LogP contribution in [-0.4, -0.2) is 107 Å². The molecule has 5 amide bonds. The Bertz CT molecular complexity index is 1760. The highest BCUT2D eigenvalue weighted by molar-refractivity contribution is 7.90. The summed E-state index contributed by atoms with van der Waals surface area (Å²) in [6, 6.07) is 2.05. The monoisotopic (exact) mass is 744 g/mol. The van der Waals surface area contributed by atoms with Crippen molar-refractivity contribution in [3.05, 3.63) is 36.2 Å². The maximum Gasteiger partial charge on any atom is 0.319 e. The van der Waals surface area contributed by atoms with E-state index in [4.69, 9.17) is 10.5 Å². The molecule has 284 valence electrons. The molecule has 0 bridgehead atoms. The van der Waals surface area contributed by atoms with Crippen LogP contribution in [0.2, 0.25) is 0 Å². The second-order valence-corrected chi connectivity index (χ2v) is 16.6. The van der Waals surface area contributed by atoms with Crippen LogP contribution < -0.4 is 21.7 Å². The highest BCUT2D eigenvalue weighted by Gasteiger charge is 2.49. The van der Waals surface area contributed by atoms with E-state index in [9.17, 15) is 37.5 Å². The van der Waals surface area contributed by atoms with Crippen LogP contribution in [0.4, 0.5) is 10.5 Å². The highest BCUT2D eigenvalue weighted by Crippen LogP contribution is 2.34. The van der Waals surface area contributed by atoms with Gasteiger partial charge in [0.15, 0.2) is 9.84 Å². The first-order chi connectivity index (χ1) is 24.5. The van der Waals surface area contributed by atoms with Gasteiger partial charge < -0.3 is 36.4 Å². The number of aliphatic hydroxyl groups is 1. The number of ketones is 1. The zero-order valence-corrected chi connectivity index (χ0v) is 30.5. The molecule has 2 saturated heterocycles. The summed E-state index contributed by atoms with van der Waals surface area (Å²) < 4.78 is 30.7. The number of sulfone groups is 1. The van der Waals surface area contributed by atoms with E-state index in [2.05, 4.69) is 26.3 Å². The number of amides is 5. The molecule has 17 nitrogen and oxygen atoms in total. The molecule has 3 fully saturated rings. The van der Waals surface area contributed by atoms with Crippen molar-refractivity contribution in [2.24, 2.45) is 11.7 Å². The number of anilines is 1. The number of nitrogens with two attached hydrogens (primary N) is 1. The Hall–Kier alpha value is -4.42. The van der Waals surface area contributed by atoms with Crippen molar-refractivity contribution in [2.75, 3.05) is 31.3 Å². The average Bonchev–Trinajstić information content (AvgIpc) is 3.77. The maximum atomic E-state index is 14.7. The van der Waals surface area contributed by atoms with Gasteiger partial charge in [-0.15, -0.1) is 5.10 Å². The summed E-state index contributed by atoms with van der Waals surface area (Å²) in [4.78, 5) is 68.9. The molecule has 3 heterocycles. The SMILES string of the molecule is CC(C)(O)c1cnnn1[C@H]1C[C@@H](C(=O)NC2(C(=O)C(N)=O)CCOCC2)N(C(=O)C(CC2CCCCC2)NC(=O)Nc2ccc(S(C)(=O)=O)cc2)C1. The summed E-state index contributed by atoms with van der Waals surface area (Å²) in [6.45, 7) is 3.28.